The number of rotatable bonds is 6. The molecule has 5 heteroatoms. The second-order valence-electron chi connectivity index (χ2n) is 7.26. The van der Waals surface area contributed by atoms with Crippen molar-refractivity contribution in [2.45, 2.75) is 45.1 Å². The lowest BCUT2D eigenvalue weighted by Crippen LogP contribution is -2.47. The third-order valence-corrected chi connectivity index (χ3v) is 5.25. The van der Waals surface area contributed by atoms with Gasteiger partial charge in [-0.1, -0.05) is 24.6 Å². The van der Waals surface area contributed by atoms with E-state index in [-0.39, 0.29) is 0 Å². The number of hydrogen-bond donors (Lipinski definition) is 1. The predicted octanol–water partition coefficient (Wildman–Crippen LogP) is 2.98. The molecule has 0 amide bonds. The number of guanidine groups is 1. The number of nitrogens with zero attached hydrogens (tertiary/aromatic N) is 3. The zero-order valence-electron chi connectivity index (χ0n) is 16.2. The van der Waals surface area contributed by atoms with E-state index >= 15 is 0 Å². The van der Waals surface area contributed by atoms with Crippen LogP contribution in [-0.4, -0.2) is 67.7 Å². The van der Waals surface area contributed by atoms with Crippen molar-refractivity contribution >= 4 is 5.96 Å². The molecule has 2 fully saturated rings. The molecule has 0 aliphatic carbocycles. The first kappa shape index (κ1) is 19.0. The molecule has 144 valence electrons. The highest BCUT2D eigenvalue weighted by atomic mass is 16.5. The molecule has 1 aromatic carbocycles. The third kappa shape index (κ3) is 5.90. The highest BCUT2D eigenvalue weighted by molar-refractivity contribution is 5.80. The number of piperidine rings is 2. The molecule has 0 aromatic heterocycles. The van der Waals surface area contributed by atoms with E-state index in [9.17, 15) is 0 Å². The minimum atomic E-state index is 0.310. The minimum Gasteiger partial charge on any atom is -0.490 e. The predicted molar refractivity (Wildman–Crippen MR) is 108 cm³/mol. The highest BCUT2D eigenvalue weighted by Gasteiger charge is 2.22. The van der Waals surface area contributed by atoms with Crippen LogP contribution in [0.1, 0.15) is 39.0 Å². The molecule has 0 bridgehead atoms. The number of ether oxygens (including phenoxy) is 1. The molecule has 0 unspecified atom stereocenters. The smallest absolute Gasteiger partial charge is 0.193 e. The SMILES string of the molecule is CCNC(=NCCN1CCCCC1)N1CCC(Oc2ccccc2)CC1. The molecule has 3 rings (SSSR count). The van der Waals surface area contributed by atoms with Crippen molar-refractivity contribution in [2.75, 3.05) is 45.8 Å². The Labute approximate surface area is 158 Å². The van der Waals surface area contributed by atoms with Gasteiger partial charge in [0.1, 0.15) is 11.9 Å². The molecule has 2 heterocycles. The summed E-state index contributed by atoms with van der Waals surface area (Å²) >= 11 is 0. The second kappa shape index (κ2) is 10.4. The first-order chi connectivity index (χ1) is 12.8. The lowest BCUT2D eigenvalue weighted by Gasteiger charge is -2.34. The quantitative estimate of drug-likeness (QED) is 0.627. The third-order valence-electron chi connectivity index (χ3n) is 5.25. The molecule has 1 aromatic rings. The van der Waals surface area contributed by atoms with Crippen LogP contribution in [0.5, 0.6) is 5.75 Å². The summed E-state index contributed by atoms with van der Waals surface area (Å²) in [4.78, 5) is 9.83. The Kier molecular flexibility index (Phi) is 7.62. The van der Waals surface area contributed by atoms with Gasteiger partial charge in [-0.05, 0) is 45.0 Å². The summed E-state index contributed by atoms with van der Waals surface area (Å²) in [5.74, 6) is 2.05. The Hall–Kier alpha value is -1.75. The number of benzene rings is 1. The maximum absolute atomic E-state index is 6.11. The molecule has 0 atom stereocenters. The Bertz CT molecular complexity index is 534. The van der Waals surface area contributed by atoms with Gasteiger partial charge in [0.25, 0.3) is 0 Å². The molecule has 0 radical (unpaired) electrons. The fraction of sp³-hybridized carbons (Fsp3) is 0.667. The highest BCUT2D eigenvalue weighted by Crippen LogP contribution is 2.18. The largest absolute Gasteiger partial charge is 0.490 e. The molecule has 0 saturated carbocycles. The van der Waals surface area contributed by atoms with Gasteiger partial charge < -0.3 is 19.9 Å². The van der Waals surface area contributed by atoms with Gasteiger partial charge in [0.15, 0.2) is 5.96 Å². The first-order valence-electron chi connectivity index (χ1n) is 10.3. The zero-order chi connectivity index (χ0) is 18.0. The van der Waals surface area contributed by atoms with E-state index in [1.807, 2.05) is 30.3 Å². The molecule has 0 spiro atoms. The van der Waals surface area contributed by atoms with Gasteiger partial charge in [-0.15, -0.1) is 0 Å². The summed E-state index contributed by atoms with van der Waals surface area (Å²) in [5.41, 5.74) is 0. The monoisotopic (exact) mass is 358 g/mol. The van der Waals surface area contributed by atoms with Crippen LogP contribution in [0.3, 0.4) is 0 Å². The van der Waals surface area contributed by atoms with Crippen LogP contribution in [0.4, 0.5) is 0 Å². The van der Waals surface area contributed by atoms with Crippen molar-refractivity contribution in [3.05, 3.63) is 30.3 Å². The number of aliphatic imine (C=N–C) groups is 1. The standard InChI is InChI=1S/C21H34N4O/c1-2-22-21(23-13-18-24-14-7-4-8-15-24)25-16-11-20(12-17-25)26-19-9-5-3-6-10-19/h3,5-6,9-10,20H,2,4,7-8,11-18H2,1H3,(H,22,23). The molecular formula is C21H34N4O. The second-order valence-corrected chi connectivity index (χ2v) is 7.26. The van der Waals surface area contributed by atoms with E-state index in [1.165, 1.54) is 32.4 Å². The van der Waals surface area contributed by atoms with E-state index < -0.39 is 0 Å². The maximum atomic E-state index is 6.11. The van der Waals surface area contributed by atoms with Crippen molar-refractivity contribution < 1.29 is 4.74 Å². The number of likely N-dealkylation sites (tertiary alicyclic amines) is 2. The van der Waals surface area contributed by atoms with Crippen LogP contribution < -0.4 is 10.1 Å². The van der Waals surface area contributed by atoms with Crippen LogP contribution in [0, 0.1) is 0 Å². The zero-order valence-corrected chi connectivity index (χ0v) is 16.2. The van der Waals surface area contributed by atoms with Crippen LogP contribution in [0.15, 0.2) is 35.3 Å². The number of hydrogen-bond acceptors (Lipinski definition) is 3. The Morgan fingerprint density at radius 1 is 1.08 bits per heavy atom. The van der Waals surface area contributed by atoms with E-state index in [1.54, 1.807) is 0 Å². The van der Waals surface area contributed by atoms with E-state index in [0.717, 1.165) is 57.3 Å². The van der Waals surface area contributed by atoms with E-state index in [2.05, 4.69) is 22.0 Å². The Balaban J connectivity index is 1.45. The molecular weight excluding hydrogens is 324 g/mol. The average molecular weight is 359 g/mol. The minimum absolute atomic E-state index is 0.310. The summed E-state index contributed by atoms with van der Waals surface area (Å²) in [6.45, 7) is 9.54. The van der Waals surface area contributed by atoms with E-state index in [4.69, 9.17) is 9.73 Å². The lowest BCUT2D eigenvalue weighted by atomic mass is 10.1. The molecule has 1 N–H and O–H groups in total. The van der Waals surface area contributed by atoms with Gasteiger partial charge in [0.05, 0.1) is 6.54 Å². The van der Waals surface area contributed by atoms with Gasteiger partial charge >= 0.3 is 0 Å². The molecule has 26 heavy (non-hydrogen) atoms. The average Bonchev–Trinajstić information content (AvgIpc) is 2.70. The van der Waals surface area contributed by atoms with Gasteiger partial charge in [0.2, 0.25) is 0 Å². The Morgan fingerprint density at radius 3 is 2.50 bits per heavy atom. The van der Waals surface area contributed by atoms with Crippen molar-refractivity contribution in [1.82, 2.24) is 15.1 Å². The van der Waals surface area contributed by atoms with Crippen LogP contribution >= 0.6 is 0 Å². The normalized spacial score (nSPS) is 20.2. The maximum Gasteiger partial charge on any atom is 0.193 e. The van der Waals surface area contributed by atoms with Gasteiger partial charge in [-0.3, -0.25) is 4.99 Å². The fourth-order valence-electron chi connectivity index (χ4n) is 3.78. The van der Waals surface area contributed by atoms with Gasteiger partial charge in [-0.25, -0.2) is 0 Å². The summed E-state index contributed by atoms with van der Waals surface area (Å²) in [6.07, 6.45) is 6.49. The molecule has 2 aliphatic rings. The van der Waals surface area contributed by atoms with Crippen molar-refractivity contribution in [2.24, 2.45) is 4.99 Å². The summed E-state index contributed by atoms with van der Waals surface area (Å²) in [7, 11) is 0. The lowest BCUT2D eigenvalue weighted by molar-refractivity contribution is 0.129. The summed E-state index contributed by atoms with van der Waals surface area (Å²) in [5, 5.41) is 3.47. The molecule has 2 saturated heterocycles. The van der Waals surface area contributed by atoms with Crippen LogP contribution in [0.25, 0.3) is 0 Å². The van der Waals surface area contributed by atoms with Crippen molar-refractivity contribution in [3.8, 4) is 5.75 Å². The fourth-order valence-corrected chi connectivity index (χ4v) is 3.78. The molecule has 2 aliphatic heterocycles. The van der Waals surface area contributed by atoms with Crippen molar-refractivity contribution in [1.29, 1.82) is 0 Å². The topological polar surface area (TPSA) is 40.1 Å². The van der Waals surface area contributed by atoms with Gasteiger partial charge in [0, 0.05) is 39.0 Å². The Morgan fingerprint density at radius 2 is 1.81 bits per heavy atom. The van der Waals surface area contributed by atoms with Crippen LogP contribution in [0.2, 0.25) is 0 Å². The van der Waals surface area contributed by atoms with Crippen LogP contribution in [-0.2, 0) is 0 Å². The first-order valence-corrected chi connectivity index (χ1v) is 10.3. The number of para-hydroxylation sites is 1. The summed E-state index contributed by atoms with van der Waals surface area (Å²) in [6, 6.07) is 10.2. The number of nitrogens with one attached hydrogen (secondary N) is 1. The van der Waals surface area contributed by atoms with Gasteiger partial charge in [-0.2, -0.15) is 0 Å². The molecule has 5 nitrogen and oxygen atoms in total. The van der Waals surface area contributed by atoms with E-state index in [0.29, 0.717) is 6.10 Å². The summed E-state index contributed by atoms with van der Waals surface area (Å²) < 4.78 is 6.11. The van der Waals surface area contributed by atoms with Crippen molar-refractivity contribution in [3.63, 3.8) is 0 Å².